The van der Waals surface area contributed by atoms with E-state index in [1.54, 1.807) is 0 Å². The van der Waals surface area contributed by atoms with Gasteiger partial charge in [-0.05, 0) is 69.1 Å². The zero-order valence-corrected chi connectivity index (χ0v) is 30.6. The molecule has 37 heavy (non-hydrogen) atoms. The van der Waals surface area contributed by atoms with E-state index in [-0.39, 0.29) is 5.04 Å². The summed E-state index contributed by atoms with van der Waals surface area (Å²) in [5.74, 6) is 1.93. The second-order valence-corrected chi connectivity index (χ2v) is 30.3. The summed E-state index contributed by atoms with van der Waals surface area (Å²) in [6.07, 6.45) is 0. The van der Waals surface area contributed by atoms with Crippen molar-refractivity contribution in [3.63, 3.8) is 0 Å². The first-order valence-corrected chi connectivity index (χ1v) is 22.0. The van der Waals surface area contributed by atoms with Gasteiger partial charge in [0.05, 0.1) is 6.61 Å². The number of hydrogen-bond donors (Lipinski definition) is 0. The molecule has 0 heterocycles. The molecule has 1 rings (SSSR count). The maximum atomic E-state index is 7.19. The molecule has 0 fully saturated rings. The molecule has 0 saturated carbocycles. The zero-order chi connectivity index (χ0) is 29.1. The molecule has 6 heteroatoms. The molecule has 216 valence electrons. The van der Waals surface area contributed by atoms with Gasteiger partial charge in [-0.15, -0.1) is 0 Å². The number of hydrogen-bond acceptors (Lipinski definition) is 3. The van der Waals surface area contributed by atoms with Crippen LogP contribution in [0, 0.1) is 0 Å². The first-order valence-electron chi connectivity index (χ1n) is 14.8. The Morgan fingerprint density at radius 1 is 0.568 bits per heavy atom. The normalized spacial score (nSPS) is 14.1. The zero-order valence-electron chi connectivity index (χ0n) is 27.6. The van der Waals surface area contributed by atoms with E-state index >= 15 is 0 Å². The van der Waals surface area contributed by atoms with Crippen LogP contribution in [0.3, 0.4) is 0 Å². The van der Waals surface area contributed by atoms with Crippen LogP contribution >= 0.6 is 0 Å². The Labute approximate surface area is 234 Å². The fraction of sp³-hybridized carbons (Fsp3) is 0.806. The summed E-state index contributed by atoms with van der Waals surface area (Å²) in [6, 6.07) is 6.66. The summed E-state index contributed by atoms with van der Waals surface area (Å²) in [6.45, 7) is 40.3. The number of benzene rings is 1. The van der Waals surface area contributed by atoms with Crippen molar-refractivity contribution < 1.29 is 13.3 Å². The summed E-state index contributed by atoms with van der Waals surface area (Å²) in [7, 11) is -6.10. The smallest absolute Gasteiger partial charge is 0.258 e. The van der Waals surface area contributed by atoms with E-state index < -0.39 is 25.0 Å². The highest BCUT2D eigenvalue weighted by Crippen LogP contribution is 2.46. The molecule has 0 spiro atoms. The summed E-state index contributed by atoms with van der Waals surface area (Å²) < 4.78 is 21.1. The summed E-state index contributed by atoms with van der Waals surface area (Å²) in [5, 5.41) is 0.171. The van der Waals surface area contributed by atoms with Gasteiger partial charge in [-0.25, -0.2) is 0 Å². The van der Waals surface area contributed by atoms with Crippen molar-refractivity contribution in [2.75, 3.05) is 0 Å². The number of rotatable bonds is 13. The first kappa shape index (κ1) is 34.5. The van der Waals surface area contributed by atoms with Gasteiger partial charge in [0.15, 0.2) is 8.32 Å². The Bertz CT molecular complexity index is 756. The van der Waals surface area contributed by atoms with E-state index in [2.05, 4.69) is 135 Å². The summed E-state index contributed by atoms with van der Waals surface area (Å²) in [5.41, 5.74) is 4.24. The monoisotopic (exact) mass is 566 g/mol. The lowest BCUT2D eigenvalue weighted by molar-refractivity contribution is 0.275. The Hall–Kier alpha value is -0.569. The molecule has 0 N–H and O–H groups in total. The molecule has 1 aromatic rings. The minimum absolute atomic E-state index is 0.171. The van der Waals surface area contributed by atoms with Gasteiger partial charge in [0.1, 0.15) is 11.5 Å². The minimum atomic E-state index is -2.10. The van der Waals surface area contributed by atoms with Crippen LogP contribution in [-0.4, -0.2) is 25.0 Å². The van der Waals surface area contributed by atoms with E-state index in [4.69, 9.17) is 13.3 Å². The molecular weight excluding hydrogens is 505 g/mol. The summed E-state index contributed by atoms with van der Waals surface area (Å²) >= 11 is 0. The molecule has 0 aliphatic rings. The Morgan fingerprint density at radius 2 is 0.865 bits per heavy atom. The van der Waals surface area contributed by atoms with Crippen molar-refractivity contribution in [1.29, 1.82) is 0 Å². The Morgan fingerprint density at radius 3 is 1.11 bits per heavy atom. The van der Waals surface area contributed by atoms with Crippen molar-refractivity contribution in [2.24, 2.45) is 0 Å². The van der Waals surface area contributed by atoms with Gasteiger partial charge in [0.25, 0.3) is 16.6 Å². The van der Waals surface area contributed by atoms with Crippen molar-refractivity contribution in [3.05, 3.63) is 23.8 Å². The average Bonchev–Trinajstić information content (AvgIpc) is 2.72. The van der Waals surface area contributed by atoms with Gasteiger partial charge in [-0.3, -0.25) is 0 Å². The molecule has 0 radical (unpaired) electrons. The molecule has 1 aromatic carbocycles. The highest BCUT2D eigenvalue weighted by molar-refractivity contribution is 6.79. The largest absolute Gasteiger partial charge is 0.543 e. The van der Waals surface area contributed by atoms with E-state index in [0.717, 1.165) is 17.1 Å². The Balaban J connectivity index is 3.69. The van der Waals surface area contributed by atoms with Gasteiger partial charge in [-0.2, -0.15) is 0 Å². The molecule has 0 bridgehead atoms. The highest BCUT2D eigenvalue weighted by atomic mass is 28.4. The lowest BCUT2D eigenvalue weighted by Gasteiger charge is -2.43. The van der Waals surface area contributed by atoms with Gasteiger partial charge in [0.2, 0.25) is 0 Å². The maximum absolute atomic E-state index is 7.19. The SMILES string of the molecule is CC(C)[Si](Oc1cc(CO[Si](C)(C)C(C)(C)C)cc(O[Si](C(C)C)(C(C)C)C(C)C)c1)(C(C)C)C(C)C. The van der Waals surface area contributed by atoms with E-state index in [9.17, 15) is 0 Å². The van der Waals surface area contributed by atoms with Crippen LogP contribution in [0.25, 0.3) is 0 Å². The fourth-order valence-electron chi connectivity index (χ4n) is 6.43. The van der Waals surface area contributed by atoms with Crippen LogP contribution in [0.5, 0.6) is 11.5 Å². The topological polar surface area (TPSA) is 27.7 Å². The van der Waals surface area contributed by atoms with E-state index in [1.807, 2.05) is 0 Å². The predicted octanol–water partition coefficient (Wildman–Crippen LogP) is 11.3. The molecule has 0 amide bonds. The second-order valence-electron chi connectivity index (χ2n) is 14.7. The minimum Gasteiger partial charge on any atom is -0.543 e. The third kappa shape index (κ3) is 7.55. The highest BCUT2D eigenvalue weighted by Gasteiger charge is 2.48. The fourth-order valence-corrected chi connectivity index (χ4v) is 17.9. The van der Waals surface area contributed by atoms with Crippen LogP contribution in [-0.2, 0) is 11.0 Å². The third-order valence-electron chi connectivity index (χ3n) is 9.35. The van der Waals surface area contributed by atoms with Crippen molar-refractivity contribution >= 4 is 25.0 Å². The molecular formula is C31H62O3Si3. The van der Waals surface area contributed by atoms with Gasteiger partial charge in [-0.1, -0.05) is 104 Å². The molecule has 0 aliphatic heterocycles. The molecule has 0 saturated heterocycles. The second kappa shape index (κ2) is 12.7. The standard InChI is InChI=1S/C31H62O3Si3/c1-22(2)36(23(3)4,24(5)6)33-29-18-28(21-32-35(16,17)31(13,14)15)19-30(20-29)34-37(25(7)8,26(9)10)27(11)12/h18-20,22-27H,21H2,1-17H3. The lowest BCUT2D eigenvalue weighted by atomic mass is 10.2. The quantitative estimate of drug-likeness (QED) is 0.222. The van der Waals surface area contributed by atoms with Crippen LogP contribution in [0.15, 0.2) is 18.2 Å². The van der Waals surface area contributed by atoms with E-state index in [0.29, 0.717) is 39.9 Å². The van der Waals surface area contributed by atoms with Crippen molar-refractivity contribution in [1.82, 2.24) is 0 Å². The molecule has 3 nitrogen and oxygen atoms in total. The Kier molecular flexibility index (Phi) is 11.9. The predicted molar refractivity (Wildman–Crippen MR) is 172 cm³/mol. The molecule has 0 atom stereocenters. The van der Waals surface area contributed by atoms with Crippen LogP contribution in [0.1, 0.15) is 109 Å². The van der Waals surface area contributed by atoms with Gasteiger partial charge < -0.3 is 13.3 Å². The molecule has 0 aliphatic carbocycles. The van der Waals surface area contributed by atoms with Gasteiger partial charge >= 0.3 is 0 Å². The van der Waals surface area contributed by atoms with Crippen LogP contribution in [0.2, 0.25) is 51.4 Å². The van der Waals surface area contributed by atoms with E-state index in [1.165, 1.54) is 0 Å². The van der Waals surface area contributed by atoms with Crippen molar-refractivity contribution in [2.45, 2.75) is 162 Å². The first-order chi connectivity index (χ1) is 16.6. The van der Waals surface area contributed by atoms with Gasteiger partial charge in [0, 0.05) is 6.07 Å². The average molecular weight is 567 g/mol. The maximum Gasteiger partial charge on any atom is 0.258 e. The lowest BCUT2D eigenvalue weighted by Crippen LogP contribution is -2.51. The van der Waals surface area contributed by atoms with Crippen LogP contribution in [0.4, 0.5) is 0 Å². The summed E-state index contributed by atoms with van der Waals surface area (Å²) in [4.78, 5) is 0. The van der Waals surface area contributed by atoms with Crippen LogP contribution < -0.4 is 8.85 Å². The molecule has 0 unspecified atom stereocenters. The molecule has 0 aromatic heterocycles. The third-order valence-corrected chi connectivity index (χ3v) is 25.8. The van der Waals surface area contributed by atoms with Crippen molar-refractivity contribution in [3.8, 4) is 11.5 Å².